The molecule has 0 unspecified atom stereocenters. The van der Waals surface area contributed by atoms with Crippen molar-refractivity contribution in [1.29, 1.82) is 0 Å². The molecular weight excluding hydrogens is 328 g/mol. The molecule has 4 rings (SSSR count). The zero-order valence-electron chi connectivity index (χ0n) is 14.3. The van der Waals surface area contributed by atoms with E-state index in [1.165, 1.54) is 0 Å². The van der Waals surface area contributed by atoms with E-state index in [2.05, 4.69) is 20.3 Å². The van der Waals surface area contributed by atoms with Crippen molar-refractivity contribution in [3.8, 4) is 5.82 Å². The van der Waals surface area contributed by atoms with Crippen molar-refractivity contribution in [2.75, 3.05) is 0 Å². The van der Waals surface area contributed by atoms with E-state index in [1.54, 1.807) is 25.0 Å². The van der Waals surface area contributed by atoms with Crippen molar-refractivity contribution in [2.45, 2.75) is 19.5 Å². The van der Waals surface area contributed by atoms with Crippen LogP contribution < -0.4 is 5.32 Å². The first-order valence-electron chi connectivity index (χ1n) is 8.35. The first kappa shape index (κ1) is 16.0. The highest BCUT2D eigenvalue weighted by atomic mass is 16.2. The molecule has 7 nitrogen and oxygen atoms in total. The maximum absolute atomic E-state index is 12.7. The Bertz CT molecular complexity index is 1040. The van der Waals surface area contributed by atoms with E-state index in [-0.39, 0.29) is 11.9 Å². The van der Waals surface area contributed by atoms with Gasteiger partial charge in [0.15, 0.2) is 0 Å². The normalized spacial score (nSPS) is 12.2. The molecule has 1 amide bonds. The molecule has 0 saturated heterocycles. The second-order valence-electron chi connectivity index (χ2n) is 5.99. The molecule has 130 valence electrons. The van der Waals surface area contributed by atoms with Crippen LogP contribution in [0.4, 0.5) is 0 Å². The number of rotatable bonds is 5. The predicted molar refractivity (Wildman–Crippen MR) is 97.6 cm³/mol. The average molecular weight is 346 g/mol. The second-order valence-corrected chi connectivity index (χ2v) is 5.99. The molecule has 26 heavy (non-hydrogen) atoms. The first-order chi connectivity index (χ1) is 12.7. The predicted octanol–water partition coefficient (Wildman–Crippen LogP) is 2.49. The lowest BCUT2D eigenvalue weighted by Gasteiger charge is -2.15. The van der Waals surface area contributed by atoms with Crippen molar-refractivity contribution in [3.63, 3.8) is 0 Å². The van der Waals surface area contributed by atoms with Crippen LogP contribution in [0.5, 0.6) is 0 Å². The van der Waals surface area contributed by atoms with Gasteiger partial charge in [0.25, 0.3) is 0 Å². The molecule has 4 aromatic rings. The van der Waals surface area contributed by atoms with Crippen LogP contribution in [0.25, 0.3) is 16.9 Å². The SMILES string of the molecule is C[C@H](C(=O)NCc1cccnc1-n1ccnc1)n1cnc2ccccc21. The Labute approximate surface area is 150 Å². The number of para-hydroxylation sites is 2. The number of imidazole rings is 2. The van der Waals surface area contributed by atoms with Crippen LogP contribution in [0.15, 0.2) is 67.6 Å². The number of carbonyl (C=O) groups is 1. The summed E-state index contributed by atoms with van der Waals surface area (Å²) in [6, 6.07) is 11.2. The molecule has 3 heterocycles. The van der Waals surface area contributed by atoms with Gasteiger partial charge in [0.2, 0.25) is 5.91 Å². The van der Waals surface area contributed by atoms with E-state index in [0.717, 1.165) is 22.4 Å². The van der Waals surface area contributed by atoms with Gasteiger partial charge in [0.1, 0.15) is 18.2 Å². The monoisotopic (exact) mass is 346 g/mol. The smallest absolute Gasteiger partial charge is 0.243 e. The lowest BCUT2D eigenvalue weighted by molar-refractivity contribution is -0.123. The van der Waals surface area contributed by atoms with Gasteiger partial charge in [0, 0.05) is 30.7 Å². The number of pyridine rings is 1. The summed E-state index contributed by atoms with van der Waals surface area (Å²) in [4.78, 5) is 25.5. The van der Waals surface area contributed by atoms with Crippen LogP contribution in [0.1, 0.15) is 18.5 Å². The Morgan fingerprint density at radius 3 is 2.85 bits per heavy atom. The number of carbonyl (C=O) groups excluding carboxylic acids is 1. The minimum Gasteiger partial charge on any atom is -0.350 e. The number of hydrogen-bond donors (Lipinski definition) is 1. The first-order valence-corrected chi connectivity index (χ1v) is 8.35. The molecular formula is C19H18N6O. The molecule has 1 aromatic carbocycles. The third-order valence-electron chi connectivity index (χ3n) is 4.35. The summed E-state index contributed by atoms with van der Waals surface area (Å²) in [7, 11) is 0. The molecule has 0 aliphatic rings. The van der Waals surface area contributed by atoms with Crippen molar-refractivity contribution in [3.05, 3.63) is 73.2 Å². The fourth-order valence-electron chi connectivity index (χ4n) is 2.93. The standard InChI is InChI=1S/C19H18N6O/c1-14(25-13-23-16-6-2-3-7-17(16)25)19(26)22-11-15-5-4-8-21-18(15)24-10-9-20-12-24/h2-10,12-14H,11H2,1H3,(H,22,26)/t14-/m1/s1. The van der Waals surface area contributed by atoms with Gasteiger partial charge in [-0.1, -0.05) is 18.2 Å². The van der Waals surface area contributed by atoms with E-state index in [0.29, 0.717) is 6.54 Å². The van der Waals surface area contributed by atoms with Gasteiger partial charge in [-0.25, -0.2) is 15.0 Å². The number of aromatic nitrogens is 5. The highest BCUT2D eigenvalue weighted by Gasteiger charge is 2.17. The van der Waals surface area contributed by atoms with Gasteiger partial charge in [-0.2, -0.15) is 0 Å². The summed E-state index contributed by atoms with van der Waals surface area (Å²) in [5, 5.41) is 2.99. The van der Waals surface area contributed by atoms with Crippen LogP contribution >= 0.6 is 0 Å². The number of nitrogens with zero attached hydrogens (tertiary/aromatic N) is 5. The zero-order chi connectivity index (χ0) is 17.9. The Morgan fingerprint density at radius 1 is 1.12 bits per heavy atom. The Hall–Kier alpha value is -3.48. The fraction of sp³-hybridized carbons (Fsp3) is 0.158. The van der Waals surface area contributed by atoms with E-state index >= 15 is 0 Å². The topological polar surface area (TPSA) is 77.6 Å². The van der Waals surface area contributed by atoms with Gasteiger partial charge in [-0.3, -0.25) is 9.36 Å². The number of hydrogen-bond acceptors (Lipinski definition) is 4. The number of benzene rings is 1. The molecule has 0 fully saturated rings. The average Bonchev–Trinajstić information content (AvgIpc) is 3.35. The van der Waals surface area contributed by atoms with Gasteiger partial charge in [-0.15, -0.1) is 0 Å². The van der Waals surface area contributed by atoms with Crippen LogP contribution in [-0.2, 0) is 11.3 Å². The maximum Gasteiger partial charge on any atom is 0.243 e. The summed E-state index contributed by atoms with van der Waals surface area (Å²) in [5.74, 6) is 0.680. The van der Waals surface area contributed by atoms with Gasteiger partial charge < -0.3 is 9.88 Å². The molecule has 0 aliphatic carbocycles. The van der Waals surface area contributed by atoms with Crippen LogP contribution in [-0.4, -0.2) is 30.0 Å². The summed E-state index contributed by atoms with van der Waals surface area (Å²) in [6.07, 6.45) is 8.64. The van der Waals surface area contributed by atoms with E-state index < -0.39 is 0 Å². The van der Waals surface area contributed by atoms with Gasteiger partial charge in [0.05, 0.1) is 17.4 Å². The van der Waals surface area contributed by atoms with Crippen molar-refractivity contribution in [1.82, 2.24) is 29.4 Å². The number of fused-ring (bicyclic) bond motifs is 1. The fourth-order valence-corrected chi connectivity index (χ4v) is 2.93. The summed E-state index contributed by atoms with van der Waals surface area (Å²) >= 11 is 0. The van der Waals surface area contributed by atoms with Gasteiger partial charge in [-0.05, 0) is 25.1 Å². The van der Waals surface area contributed by atoms with Crippen molar-refractivity contribution >= 4 is 16.9 Å². The molecule has 0 spiro atoms. The highest BCUT2D eigenvalue weighted by Crippen LogP contribution is 2.18. The third kappa shape index (κ3) is 2.95. The lowest BCUT2D eigenvalue weighted by atomic mass is 10.2. The van der Waals surface area contributed by atoms with Crippen LogP contribution in [0, 0.1) is 0 Å². The third-order valence-corrected chi connectivity index (χ3v) is 4.35. The highest BCUT2D eigenvalue weighted by molar-refractivity contribution is 5.83. The second kappa shape index (κ2) is 6.79. The summed E-state index contributed by atoms with van der Waals surface area (Å²) in [6.45, 7) is 2.25. The Balaban J connectivity index is 1.51. The summed E-state index contributed by atoms with van der Waals surface area (Å²) in [5.41, 5.74) is 2.74. The summed E-state index contributed by atoms with van der Waals surface area (Å²) < 4.78 is 3.71. The molecule has 0 aliphatic heterocycles. The molecule has 0 radical (unpaired) electrons. The minimum atomic E-state index is -0.365. The lowest BCUT2D eigenvalue weighted by Crippen LogP contribution is -2.30. The molecule has 1 N–H and O–H groups in total. The minimum absolute atomic E-state index is 0.0754. The number of nitrogens with one attached hydrogen (secondary N) is 1. The number of amides is 1. The Kier molecular flexibility index (Phi) is 4.18. The molecule has 0 saturated carbocycles. The van der Waals surface area contributed by atoms with Crippen molar-refractivity contribution in [2.24, 2.45) is 0 Å². The van der Waals surface area contributed by atoms with Crippen LogP contribution in [0.2, 0.25) is 0 Å². The largest absolute Gasteiger partial charge is 0.350 e. The Morgan fingerprint density at radius 2 is 2.00 bits per heavy atom. The zero-order valence-corrected chi connectivity index (χ0v) is 14.3. The maximum atomic E-state index is 12.7. The molecule has 3 aromatic heterocycles. The quantitative estimate of drug-likeness (QED) is 0.602. The van der Waals surface area contributed by atoms with Gasteiger partial charge >= 0.3 is 0 Å². The van der Waals surface area contributed by atoms with E-state index in [4.69, 9.17) is 0 Å². The molecule has 0 bridgehead atoms. The van der Waals surface area contributed by atoms with Crippen molar-refractivity contribution < 1.29 is 4.79 Å². The molecule has 7 heteroatoms. The van der Waals surface area contributed by atoms with E-state index in [9.17, 15) is 4.79 Å². The molecule has 1 atom stereocenters. The van der Waals surface area contributed by atoms with Crippen LogP contribution in [0.3, 0.4) is 0 Å². The van der Waals surface area contributed by atoms with E-state index in [1.807, 2.05) is 58.7 Å².